The lowest BCUT2D eigenvalue weighted by atomic mass is 10.0. The van der Waals surface area contributed by atoms with Gasteiger partial charge in [-0.05, 0) is 18.2 Å². The van der Waals surface area contributed by atoms with Crippen molar-refractivity contribution in [3.05, 3.63) is 54.1 Å². The SMILES string of the molecule is COc1ccccc1-c1cc(F)[c]cc1F. The van der Waals surface area contributed by atoms with Crippen LogP contribution in [0, 0.1) is 17.7 Å². The lowest BCUT2D eigenvalue weighted by Crippen LogP contribution is -1.91. The van der Waals surface area contributed by atoms with Gasteiger partial charge in [0.25, 0.3) is 0 Å². The Balaban J connectivity index is 2.62. The van der Waals surface area contributed by atoms with E-state index in [1.165, 1.54) is 7.11 Å². The minimum Gasteiger partial charge on any atom is -0.496 e. The number of ether oxygens (including phenoxy) is 1. The Hall–Kier alpha value is -1.90. The van der Waals surface area contributed by atoms with E-state index in [1.54, 1.807) is 24.3 Å². The first kappa shape index (κ1) is 10.6. The molecule has 0 aliphatic carbocycles. The van der Waals surface area contributed by atoms with E-state index in [0.29, 0.717) is 11.3 Å². The van der Waals surface area contributed by atoms with Crippen molar-refractivity contribution in [2.24, 2.45) is 0 Å². The fourth-order valence-electron chi connectivity index (χ4n) is 1.52. The molecule has 0 atom stereocenters. The van der Waals surface area contributed by atoms with Crippen molar-refractivity contribution in [2.45, 2.75) is 0 Å². The van der Waals surface area contributed by atoms with Crippen LogP contribution in [0.4, 0.5) is 8.78 Å². The highest BCUT2D eigenvalue weighted by Crippen LogP contribution is 2.31. The van der Waals surface area contributed by atoms with Crippen molar-refractivity contribution in [1.82, 2.24) is 0 Å². The van der Waals surface area contributed by atoms with Crippen LogP contribution >= 0.6 is 0 Å². The first-order valence-corrected chi connectivity index (χ1v) is 4.72. The molecular weight excluding hydrogens is 210 g/mol. The fraction of sp³-hybridized carbons (Fsp3) is 0.0769. The first-order valence-electron chi connectivity index (χ1n) is 4.72. The van der Waals surface area contributed by atoms with Crippen molar-refractivity contribution >= 4 is 0 Å². The smallest absolute Gasteiger partial charge is 0.131 e. The Morgan fingerprint density at radius 2 is 1.88 bits per heavy atom. The Kier molecular flexibility index (Phi) is 2.86. The summed E-state index contributed by atoms with van der Waals surface area (Å²) in [6.45, 7) is 0. The van der Waals surface area contributed by atoms with Gasteiger partial charge in [-0.3, -0.25) is 0 Å². The van der Waals surface area contributed by atoms with E-state index in [1.807, 2.05) is 0 Å². The minimum absolute atomic E-state index is 0.175. The molecule has 81 valence electrons. The standard InChI is InChI=1S/C13H9F2O/c1-16-13-5-3-2-4-10(13)11-8-9(14)6-7-12(11)15/h2-5,7-8H,1H3. The fourth-order valence-corrected chi connectivity index (χ4v) is 1.52. The molecule has 2 rings (SSSR count). The molecule has 0 aliphatic heterocycles. The molecule has 1 nitrogen and oxygen atoms in total. The number of para-hydroxylation sites is 1. The minimum atomic E-state index is -0.595. The van der Waals surface area contributed by atoms with E-state index in [9.17, 15) is 8.78 Å². The molecule has 2 aromatic rings. The number of hydrogen-bond acceptors (Lipinski definition) is 1. The van der Waals surface area contributed by atoms with Gasteiger partial charge in [0.15, 0.2) is 0 Å². The highest BCUT2D eigenvalue weighted by molar-refractivity contribution is 5.70. The van der Waals surface area contributed by atoms with Crippen LogP contribution in [0.3, 0.4) is 0 Å². The van der Waals surface area contributed by atoms with Crippen LogP contribution in [-0.4, -0.2) is 7.11 Å². The zero-order valence-electron chi connectivity index (χ0n) is 8.63. The normalized spacial score (nSPS) is 10.2. The molecule has 0 aliphatic rings. The zero-order valence-corrected chi connectivity index (χ0v) is 8.63. The summed E-state index contributed by atoms with van der Waals surface area (Å²) in [7, 11) is 1.49. The molecule has 0 N–H and O–H groups in total. The average Bonchev–Trinajstić information content (AvgIpc) is 2.32. The van der Waals surface area contributed by atoms with Crippen LogP contribution in [-0.2, 0) is 0 Å². The molecule has 0 saturated heterocycles. The Labute approximate surface area is 92.3 Å². The molecule has 1 radical (unpaired) electrons. The van der Waals surface area contributed by atoms with Gasteiger partial charge in [0.1, 0.15) is 17.4 Å². The number of benzene rings is 2. The van der Waals surface area contributed by atoms with Crippen molar-refractivity contribution in [3.8, 4) is 16.9 Å². The molecule has 0 spiro atoms. The molecule has 16 heavy (non-hydrogen) atoms. The highest BCUT2D eigenvalue weighted by Gasteiger charge is 2.10. The van der Waals surface area contributed by atoms with E-state index < -0.39 is 11.6 Å². The molecular formula is C13H9F2O. The molecule has 0 aromatic heterocycles. The molecule has 3 heteroatoms. The maximum atomic E-state index is 13.5. The molecule has 0 saturated carbocycles. The van der Waals surface area contributed by atoms with E-state index in [2.05, 4.69) is 6.07 Å². The third-order valence-corrected chi connectivity index (χ3v) is 2.26. The van der Waals surface area contributed by atoms with Crippen LogP contribution in [0.25, 0.3) is 11.1 Å². The predicted octanol–water partition coefficient (Wildman–Crippen LogP) is 3.44. The van der Waals surface area contributed by atoms with Crippen LogP contribution in [0.15, 0.2) is 36.4 Å². The van der Waals surface area contributed by atoms with Gasteiger partial charge in [0.05, 0.1) is 7.11 Å². The summed E-state index contributed by atoms with van der Waals surface area (Å²) in [6.07, 6.45) is 0. The van der Waals surface area contributed by atoms with Gasteiger partial charge in [-0.25, -0.2) is 8.78 Å². The van der Waals surface area contributed by atoms with Crippen molar-refractivity contribution in [3.63, 3.8) is 0 Å². The van der Waals surface area contributed by atoms with Gasteiger partial charge in [0, 0.05) is 17.2 Å². The first-order chi connectivity index (χ1) is 7.72. The topological polar surface area (TPSA) is 9.23 Å². The average molecular weight is 219 g/mol. The second kappa shape index (κ2) is 4.31. The van der Waals surface area contributed by atoms with E-state index in [-0.39, 0.29) is 5.56 Å². The molecule has 0 fully saturated rings. The summed E-state index contributed by atoms with van der Waals surface area (Å²) >= 11 is 0. The van der Waals surface area contributed by atoms with Crippen LogP contribution in [0.1, 0.15) is 0 Å². The van der Waals surface area contributed by atoms with Gasteiger partial charge >= 0.3 is 0 Å². The molecule has 2 aromatic carbocycles. The summed E-state index contributed by atoms with van der Waals surface area (Å²) in [5.41, 5.74) is 0.698. The van der Waals surface area contributed by atoms with E-state index in [0.717, 1.165) is 12.1 Å². The number of hydrogen-bond donors (Lipinski definition) is 0. The summed E-state index contributed by atoms with van der Waals surface area (Å²) in [4.78, 5) is 0. The van der Waals surface area contributed by atoms with Crippen LogP contribution in [0.2, 0.25) is 0 Å². The second-order valence-corrected chi connectivity index (χ2v) is 3.24. The summed E-state index contributed by atoms with van der Waals surface area (Å²) < 4.78 is 31.6. The maximum Gasteiger partial charge on any atom is 0.131 e. The molecule has 0 bridgehead atoms. The lowest BCUT2D eigenvalue weighted by Gasteiger charge is -2.08. The molecule has 0 unspecified atom stereocenters. The van der Waals surface area contributed by atoms with Gasteiger partial charge in [0.2, 0.25) is 0 Å². The predicted molar refractivity (Wildman–Crippen MR) is 57.2 cm³/mol. The van der Waals surface area contributed by atoms with Crippen LogP contribution < -0.4 is 4.74 Å². The van der Waals surface area contributed by atoms with Gasteiger partial charge in [-0.15, -0.1) is 0 Å². The van der Waals surface area contributed by atoms with Crippen molar-refractivity contribution < 1.29 is 13.5 Å². The molecule has 0 amide bonds. The quantitative estimate of drug-likeness (QED) is 0.751. The van der Waals surface area contributed by atoms with Crippen molar-refractivity contribution in [2.75, 3.05) is 7.11 Å². The third kappa shape index (κ3) is 1.89. The number of rotatable bonds is 2. The van der Waals surface area contributed by atoms with Gasteiger partial charge in [-0.1, -0.05) is 18.2 Å². The van der Waals surface area contributed by atoms with E-state index >= 15 is 0 Å². The van der Waals surface area contributed by atoms with Gasteiger partial charge in [-0.2, -0.15) is 0 Å². The Morgan fingerprint density at radius 3 is 2.62 bits per heavy atom. The van der Waals surface area contributed by atoms with Crippen molar-refractivity contribution in [1.29, 1.82) is 0 Å². The summed E-state index contributed by atoms with van der Waals surface area (Å²) in [5, 5.41) is 0. The monoisotopic (exact) mass is 219 g/mol. The summed E-state index contributed by atoms with van der Waals surface area (Å²) in [6, 6.07) is 11.1. The van der Waals surface area contributed by atoms with Gasteiger partial charge < -0.3 is 4.74 Å². The lowest BCUT2D eigenvalue weighted by molar-refractivity contribution is 0.416. The Morgan fingerprint density at radius 1 is 1.12 bits per heavy atom. The number of methoxy groups -OCH3 is 1. The second-order valence-electron chi connectivity index (χ2n) is 3.24. The Bertz CT molecular complexity index is 509. The summed E-state index contributed by atoms with van der Waals surface area (Å²) in [5.74, 6) is -0.611. The number of halogens is 2. The molecule has 0 heterocycles. The zero-order chi connectivity index (χ0) is 11.5. The largest absolute Gasteiger partial charge is 0.496 e. The maximum absolute atomic E-state index is 13.5. The van der Waals surface area contributed by atoms with Crippen LogP contribution in [0.5, 0.6) is 5.75 Å². The highest BCUT2D eigenvalue weighted by atomic mass is 19.1. The third-order valence-electron chi connectivity index (χ3n) is 2.26. The van der Waals surface area contributed by atoms with E-state index in [4.69, 9.17) is 4.74 Å².